The lowest BCUT2D eigenvalue weighted by atomic mass is 10.1. The predicted octanol–water partition coefficient (Wildman–Crippen LogP) is 1.96. The molecule has 1 heterocycles. The second-order valence-electron chi connectivity index (χ2n) is 3.18. The van der Waals surface area contributed by atoms with Crippen LogP contribution in [-0.4, -0.2) is 18.3 Å². The van der Waals surface area contributed by atoms with E-state index in [1.807, 2.05) is 30.4 Å². The minimum Gasteiger partial charge on any atom is -0.482 e. The predicted molar refractivity (Wildman–Crippen MR) is 63.5 cm³/mol. The number of benzene rings is 1. The van der Waals surface area contributed by atoms with Crippen molar-refractivity contribution in [3.8, 4) is 5.75 Å². The lowest BCUT2D eigenvalue weighted by Crippen LogP contribution is -2.25. The third kappa shape index (κ3) is 2.33. The maximum Gasteiger partial charge on any atom is 0.262 e. The van der Waals surface area contributed by atoms with Crippen LogP contribution in [0.2, 0.25) is 0 Å². The van der Waals surface area contributed by atoms with E-state index >= 15 is 0 Å². The molecule has 0 atom stereocenters. The number of hydrogen-bond acceptors (Lipinski definition) is 3. The molecule has 1 aromatic carbocycles. The second kappa shape index (κ2) is 4.40. The Morgan fingerprint density at radius 2 is 2.40 bits per heavy atom. The van der Waals surface area contributed by atoms with Crippen LogP contribution in [0, 0.1) is 0 Å². The smallest absolute Gasteiger partial charge is 0.262 e. The number of carbonyl (C=O) groups excluding carboxylic acids is 1. The number of amides is 1. The summed E-state index contributed by atoms with van der Waals surface area (Å²) < 4.78 is 5.24. The molecule has 1 aromatic rings. The van der Waals surface area contributed by atoms with Gasteiger partial charge in [0.1, 0.15) is 5.75 Å². The third-order valence-corrected chi connectivity index (χ3v) is 2.26. The molecule has 0 radical (unpaired) electrons. The Hall–Kier alpha value is -1.42. The van der Waals surface area contributed by atoms with Crippen molar-refractivity contribution in [1.82, 2.24) is 0 Å². The van der Waals surface area contributed by atoms with E-state index in [0.29, 0.717) is 5.75 Å². The third-order valence-electron chi connectivity index (χ3n) is 2.05. The minimum atomic E-state index is -0.113. The van der Waals surface area contributed by atoms with E-state index in [0.717, 1.165) is 17.0 Å². The second-order valence-corrected chi connectivity index (χ2v) is 3.54. The van der Waals surface area contributed by atoms with E-state index < -0.39 is 0 Å². The highest BCUT2D eigenvalue weighted by Crippen LogP contribution is 2.28. The number of hydrogen-bond donors (Lipinski definition) is 2. The van der Waals surface area contributed by atoms with Crippen molar-refractivity contribution in [3.63, 3.8) is 0 Å². The van der Waals surface area contributed by atoms with Gasteiger partial charge in [-0.3, -0.25) is 4.79 Å². The Kier molecular flexibility index (Phi) is 2.97. The number of rotatable bonds is 2. The first-order valence-corrected chi connectivity index (χ1v) is 5.27. The molecule has 1 aliphatic heterocycles. The summed E-state index contributed by atoms with van der Waals surface area (Å²) in [5.41, 5.74) is 1.75. The lowest BCUT2D eigenvalue weighted by Gasteiger charge is -2.17. The molecule has 0 aliphatic carbocycles. The topological polar surface area (TPSA) is 38.3 Å². The van der Waals surface area contributed by atoms with Crippen LogP contribution in [0.3, 0.4) is 0 Å². The standard InChI is InChI=1S/C11H11NO2S/c13-11-7-14-10-4-3-8(2-1-5-15)6-9(10)12-11/h1-4,6,15H,5,7H2,(H,12,13). The maximum absolute atomic E-state index is 11.1. The molecule has 0 spiro atoms. The SMILES string of the molecule is O=C1COc2ccc(C=CCS)cc2N1. The average Bonchev–Trinajstić information content (AvgIpc) is 2.25. The molecule has 2 rings (SSSR count). The highest BCUT2D eigenvalue weighted by Gasteiger charge is 2.15. The van der Waals surface area contributed by atoms with Crippen molar-refractivity contribution in [1.29, 1.82) is 0 Å². The Morgan fingerprint density at radius 1 is 1.53 bits per heavy atom. The minimum absolute atomic E-state index is 0.0961. The van der Waals surface area contributed by atoms with E-state index in [4.69, 9.17) is 4.74 Å². The fourth-order valence-electron chi connectivity index (χ4n) is 1.39. The molecule has 1 N–H and O–H groups in total. The monoisotopic (exact) mass is 221 g/mol. The molecular formula is C11H11NO2S. The Balaban J connectivity index is 2.28. The highest BCUT2D eigenvalue weighted by molar-refractivity contribution is 7.80. The van der Waals surface area contributed by atoms with Crippen LogP contribution in [0.5, 0.6) is 5.75 Å². The zero-order valence-corrected chi connectivity index (χ0v) is 8.96. The van der Waals surface area contributed by atoms with Crippen LogP contribution in [-0.2, 0) is 4.79 Å². The molecule has 15 heavy (non-hydrogen) atoms. The molecule has 0 saturated heterocycles. The molecular weight excluding hydrogens is 210 g/mol. The summed E-state index contributed by atoms with van der Waals surface area (Å²) in [6.07, 6.45) is 3.89. The van der Waals surface area contributed by atoms with Crippen molar-refractivity contribution >= 4 is 30.3 Å². The van der Waals surface area contributed by atoms with Gasteiger partial charge < -0.3 is 10.1 Å². The first-order chi connectivity index (χ1) is 7.29. The molecule has 0 fully saturated rings. The van der Waals surface area contributed by atoms with Crippen LogP contribution in [0.4, 0.5) is 5.69 Å². The molecule has 0 saturated carbocycles. The Labute approximate surface area is 93.5 Å². The first-order valence-electron chi connectivity index (χ1n) is 4.63. The van der Waals surface area contributed by atoms with Gasteiger partial charge in [0.2, 0.25) is 0 Å². The summed E-state index contributed by atoms with van der Waals surface area (Å²) in [7, 11) is 0. The number of nitrogens with one attached hydrogen (secondary N) is 1. The van der Waals surface area contributed by atoms with Gasteiger partial charge in [-0.15, -0.1) is 0 Å². The van der Waals surface area contributed by atoms with Gasteiger partial charge in [0.15, 0.2) is 6.61 Å². The first kappa shape index (κ1) is 10.1. The normalized spacial score (nSPS) is 14.6. The summed E-state index contributed by atoms with van der Waals surface area (Å²) in [4.78, 5) is 11.1. The van der Waals surface area contributed by atoms with Gasteiger partial charge in [-0.2, -0.15) is 12.6 Å². The largest absolute Gasteiger partial charge is 0.482 e. The molecule has 0 bridgehead atoms. The van der Waals surface area contributed by atoms with Crippen molar-refractivity contribution in [2.75, 3.05) is 17.7 Å². The number of fused-ring (bicyclic) bond motifs is 1. The number of anilines is 1. The van der Waals surface area contributed by atoms with Gasteiger partial charge in [0.05, 0.1) is 5.69 Å². The van der Waals surface area contributed by atoms with Gasteiger partial charge in [-0.1, -0.05) is 18.2 Å². The van der Waals surface area contributed by atoms with Crippen LogP contribution in [0.25, 0.3) is 6.08 Å². The molecule has 4 heteroatoms. The van der Waals surface area contributed by atoms with Crippen molar-refractivity contribution in [2.24, 2.45) is 0 Å². The Morgan fingerprint density at radius 3 is 3.20 bits per heavy atom. The van der Waals surface area contributed by atoms with Gasteiger partial charge in [-0.25, -0.2) is 0 Å². The fraction of sp³-hybridized carbons (Fsp3) is 0.182. The van der Waals surface area contributed by atoms with Crippen molar-refractivity contribution < 1.29 is 9.53 Å². The van der Waals surface area contributed by atoms with E-state index in [-0.39, 0.29) is 12.5 Å². The van der Waals surface area contributed by atoms with Gasteiger partial charge in [0, 0.05) is 5.75 Å². The van der Waals surface area contributed by atoms with Crippen molar-refractivity contribution in [3.05, 3.63) is 29.8 Å². The van der Waals surface area contributed by atoms with Crippen molar-refractivity contribution in [2.45, 2.75) is 0 Å². The summed E-state index contributed by atoms with van der Waals surface area (Å²) in [5.74, 6) is 1.30. The zero-order chi connectivity index (χ0) is 10.7. The molecule has 3 nitrogen and oxygen atoms in total. The quantitative estimate of drug-likeness (QED) is 0.749. The number of thiol groups is 1. The lowest BCUT2D eigenvalue weighted by molar-refractivity contribution is -0.118. The van der Waals surface area contributed by atoms with E-state index in [1.54, 1.807) is 0 Å². The van der Waals surface area contributed by atoms with E-state index in [1.165, 1.54) is 0 Å². The summed E-state index contributed by atoms with van der Waals surface area (Å²) in [6.45, 7) is 0.0961. The van der Waals surface area contributed by atoms with Gasteiger partial charge >= 0.3 is 0 Å². The molecule has 0 unspecified atom stereocenters. The van der Waals surface area contributed by atoms with Gasteiger partial charge in [-0.05, 0) is 17.7 Å². The summed E-state index contributed by atoms with van der Waals surface area (Å²) in [5, 5.41) is 2.76. The zero-order valence-electron chi connectivity index (χ0n) is 8.06. The fourth-order valence-corrected chi connectivity index (χ4v) is 1.50. The van der Waals surface area contributed by atoms with Gasteiger partial charge in [0.25, 0.3) is 5.91 Å². The number of carbonyl (C=O) groups is 1. The van der Waals surface area contributed by atoms with Crippen LogP contribution < -0.4 is 10.1 Å². The molecule has 1 aliphatic rings. The number of ether oxygens (including phenoxy) is 1. The average molecular weight is 221 g/mol. The molecule has 78 valence electrons. The van der Waals surface area contributed by atoms with Crippen LogP contribution in [0.1, 0.15) is 5.56 Å². The van der Waals surface area contributed by atoms with E-state index in [2.05, 4.69) is 17.9 Å². The van der Waals surface area contributed by atoms with Crippen LogP contribution >= 0.6 is 12.6 Å². The maximum atomic E-state index is 11.1. The van der Waals surface area contributed by atoms with E-state index in [9.17, 15) is 4.79 Å². The highest BCUT2D eigenvalue weighted by atomic mass is 32.1. The molecule has 1 amide bonds. The summed E-state index contributed by atoms with van der Waals surface area (Å²) in [6, 6.07) is 5.68. The Bertz CT molecular complexity index is 415. The van der Waals surface area contributed by atoms with Crippen LogP contribution in [0.15, 0.2) is 24.3 Å². The molecule has 0 aromatic heterocycles. The summed E-state index contributed by atoms with van der Waals surface area (Å²) >= 11 is 4.08.